The molecule has 1 aliphatic rings. The predicted molar refractivity (Wildman–Crippen MR) is 99.6 cm³/mol. The van der Waals surface area contributed by atoms with Crippen molar-refractivity contribution in [1.29, 1.82) is 0 Å². The first-order valence-electron chi connectivity index (χ1n) is 8.12. The van der Waals surface area contributed by atoms with Gasteiger partial charge in [0.15, 0.2) is 0 Å². The lowest BCUT2D eigenvalue weighted by Gasteiger charge is -2.33. The number of amides is 1. The number of hydrogen-bond acceptors (Lipinski definition) is 3. The Balaban J connectivity index is 1.87. The molecule has 2 rings (SSSR count). The van der Waals surface area contributed by atoms with Crippen LogP contribution in [0.4, 0.5) is 0 Å². The Kier molecular flexibility index (Phi) is 7.54. The molecule has 1 N–H and O–H groups in total. The Hall–Kier alpha value is -0.420. The molecular weight excluding hydrogens is 351 g/mol. The maximum atomic E-state index is 12.6. The summed E-state index contributed by atoms with van der Waals surface area (Å²) in [5.74, 6) is 0.872. The van der Waals surface area contributed by atoms with Gasteiger partial charge in [0.2, 0.25) is 5.91 Å². The Morgan fingerprint density at radius 2 is 2.09 bits per heavy atom. The molecule has 1 heterocycles. The Morgan fingerprint density at radius 1 is 1.39 bits per heavy atom. The lowest BCUT2D eigenvalue weighted by atomic mass is 9.96. The number of carbonyl (C=O) groups excluding carboxylic acids is 1. The molecular formula is C17H24Cl2N2OS. The first-order valence-corrected chi connectivity index (χ1v) is 9.76. The van der Waals surface area contributed by atoms with Gasteiger partial charge in [0.05, 0.1) is 10.3 Å². The number of carbonyl (C=O) groups is 1. The molecule has 6 heteroatoms. The summed E-state index contributed by atoms with van der Waals surface area (Å²) in [6.45, 7) is 7.83. The van der Waals surface area contributed by atoms with E-state index in [1.54, 1.807) is 12.1 Å². The maximum absolute atomic E-state index is 12.6. The van der Waals surface area contributed by atoms with Crippen molar-refractivity contribution in [2.24, 2.45) is 5.92 Å². The number of nitrogens with zero attached hydrogens (tertiary/aromatic N) is 1. The van der Waals surface area contributed by atoms with Gasteiger partial charge in [0.25, 0.3) is 0 Å². The van der Waals surface area contributed by atoms with Crippen LogP contribution in [0.3, 0.4) is 0 Å². The summed E-state index contributed by atoms with van der Waals surface area (Å²) in [5.41, 5.74) is 0. The van der Waals surface area contributed by atoms with Crippen molar-refractivity contribution in [3.63, 3.8) is 0 Å². The zero-order valence-electron chi connectivity index (χ0n) is 13.6. The molecule has 0 radical (unpaired) electrons. The fourth-order valence-electron chi connectivity index (χ4n) is 2.77. The Labute approximate surface area is 153 Å². The third kappa shape index (κ3) is 5.56. The van der Waals surface area contributed by atoms with Gasteiger partial charge in [-0.3, -0.25) is 4.79 Å². The van der Waals surface area contributed by atoms with Gasteiger partial charge in [0.1, 0.15) is 0 Å². The van der Waals surface area contributed by atoms with Crippen LogP contribution in [-0.4, -0.2) is 42.2 Å². The standard InChI is InChI=1S/C17H24Cl2N2OS/c1-3-20-11-13-6-8-21(9-7-13)17(22)12(2)23-16-10-14(18)4-5-15(16)19/h4-5,10,12-13,20H,3,6-9,11H2,1-2H3. The molecule has 23 heavy (non-hydrogen) atoms. The van der Waals surface area contributed by atoms with Gasteiger partial charge in [-0.05, 0) is 57.0 Å². The second-order valence-electron chi connectivity index (χ2n) is 5.91. The fourth-order valence-corrected chi connectivity index (χ4v) is 4.27. The summed E-state index contributed by atoms with van der Waals surface area (Å²) in [4.78, 5) is 15.5. The quantitative estimate of drug-likeness (QED) is 0.752. The molecule has 0 bridgehead atoms. The molecule has 0 aliphatic carbocycles. The fraction of sp³-hybridized carbons (Fsp3) is 0.588. The van der Waals surface area contributed by atoms with E-state index in [2.05, 4.69) is 12.2 Å². The average molecular weight is 375 g/mol. The predicted octanol–water partition coefficient (Wildman–Crippen LogP) is 4.32. The van der Waals surface area contributed by atoms with Gasteiger partial charge in [-0.2, -0.15) is 0 Å². The number of piperidine rings is 1. The summed E-state index contributed by atoms with van der Waals surface area (Å²) in [7, 11) is 0. The number of likely N-dealkylation sites (tertiary alicyclic amines) is 1. The van der Waals surface area contributed by atoms with E-state index in [-0.39, 0.29) is 11.2 Å². The minimum absolute atomic E-state index is 0.156. The van der Waals surface area contributed by atoms with Crippen LogP contribution in [-0.2, 0) is 4.79 Å². The highest BCUT2D eigenvalue weighted by Gasteiger charge is 2.26. The van der Waals surface area contributed by atoms with Gasteiger partial charge in [-0.15, -0.1) is 11.8 Å². The number of hydrogen-bond donors (Lipinski definition) is 1. The van der Waals surface area contributed by atoms with E-state index in [4.69, 9.17) is 23.2 Å². The van der Waals surface area contributed by atoms with Crippen molar-refractivity contribution in [1.82, 2.24) is 10.2 Å². The lowest BCUT2D eigenvalue weighted by Crippen LogP contribution is -2.43. The molecule has 1 aliphatic heterocycles. The van der Waals surface area contributed by atoms with E-state index in [1.807, 2.05) is 17.9 Å². The lowest BCUT2D eigenvalue weighted by molar-refractivity contribution is -0.131. The minimum atomic E-state index is -0.156. The molecule has 1 fully saturated rings. The highest BCUT2D eigenvalue weighted by atomic mass is 35.5. The molecule has 1 atom stereocenters. The Morgan fingerprint density at radius 3 is 2.74 bits per heavy atom. The summed E-state index contributed by atoms with van der Waals surface area (Å²) < 4.78 is 0. The number of thioether (sulfide) groups is 1. The number of rotatable bonds is 6. The van der Waals surface area contributed by atoms with Crippen LogP contribution in [0.25, 0.3) is 0 Å². The molecule has 1 unspecified atom stereocenters. The van der Waals surface area contributed by atoms with Gasteiger partial charge in [0, 0.05) is 23.0 Å². The minimum Gasteiger partial charge on any atom is -0.342 e. The zero-order valence-corrected chi connectivity index (χ0v) is 16.0. The number of halogens is 2. The van der Waals surface area contributed by atoms with Crippen LogP contribution in [0.1, 0.15) is 26.7 Å². The second-order valence-corrected chi connectivity index (χ2v) is 8.14. The van der Waals surface area contributed by atoms with Gasteiger partial charge >= 0.3 is 0 Å². The van der Waals surface area contributed by atoms with Crippen molar-refractivity contribution in [2.45, 2.75) is 36.8 Å². The Bertz CT molecular complexity index is 533. The molecule has 0 spiro atoms. The van der Waals surface area contributed by atoms with Crippen LogP contribution >= 0.6 is 35.0 Å². The summed E-state index contributed by atoms with van der Waals surface area (Å²) in [6, 6.07) is 5.35. The van der Waals surface area contributed by atoms with E-state index < -0.39 is 0 Å². The maximum Gasteiger partial charge on any atom is 0.235 e. The van der Waals surface area contributed by atoms with Crippen LogP contribution in [0, 0.1) is 5.92 Å². The summed E-state index contributed by atoms with van der Waals surface area (Å²) >= 11 is 13.7. The van der Waals surface area contributed by atoms with Gasteiger partial charge in [-0.1, -0.05) is 30.1 Å². The highest BCUT2D eigenvalue weighted by Crippen LogP contribution is 2.33. The van der Waals surface area contributed by atoms with Crippen molar-refractivity contribution in [2.75, 3.05) is 26.2 Å². The SMILES string of the molecule is CCNCC1CCN(C(=O)C(C)Sc2cc(Cl)ccc2Cl)CC1. The van der Waals surface area contributed by atoms with Crippen molar-refractivity contribution < 1.29 is 4.79 Å². The van der Waals surface area contributed by atoms with Crippen LogP contribution in [0.15, 0.2) is 23.1 Å². The van der Waals surface area contributed by atoms with Crippen LogP contribution < -0.4 is 5.32 Å². The largest absolute Gasteiger partial charge is 0.342 e. The summed E-state index contributed by atoms with van der Waals surface area (Å²) in [6.07, 6.45) is 2.15. The van der Waals surface area contributed by atoms with E-state index in [0.29, 0.717) is 16.0 Å². The molecule has 1 aromatic carbocycles. The number of nitrogens with one attached hydrogen (secondary N) is 1. The molecule has 0 aromatic heterocycles. The normalized spacial score (nSPS) is 17.3. The van der Waals surface area contributed by atoms with E-state index in [9.17, 15) is 4.79 Å². The first-order chi connectivity index (χ1) is 11.0. The van der Waals surface area contributed by atoms with Crippen molar-refractivity contribution in [3.05, 3.63) is 28.2 Å². The van der Waals surface area contributed by atoms with Crippen LogP contribution in [0.2, 0.25) is 10.0 Å². The van der Waals surface area contributed by atoms with E-state index >= 15 is 0 Å². The van der Waals surface area contributed by atoms with Crippen molar-refractivity contribution in [3.8, 4) is 0 Å². The summed E-state index contributed by atoms with van der Waals surface area (Å²) in [5, 5.41) is 4.52. The van der Waals surface area contributed by atoms with Crippen molar-refractivity contribution >= 4 is 40.9 Å². The molecule has 128 valence electrons. The second kappa shape index (κ2) is 9.16. The molecule has 0 saturated carbocycles. The molecule has 3 nitrogen and oxygen atoms in total. The van der Waals surface area contributed by atoms with Gasteiger partial charge in [-0.25, -0.2) is 0 Å². The first kappa shape index (κ1) is 18.9. The van der Waals surface area contributed by atoms with Crippen LogP contribution in [0.5, 0.6) is 0 Å². The smallest absolute Gasteiger partial charge is 0.235 e. The monoisotopic (exact) mass is 374 g/mol. The molecule has 1 saturated heterocycles. The highest BCUT2D eigenvalue weighted by molar-refractivity contribution is 8.00. The van der Waals surface area contributed by atoms with E-state index in [1.165, 1.54) is 11.8 Å². The third-order valence-corrected chi connectivity index (χ3v) is 5.98. The molecule has 1 aromatic rings. The van der Waals surface area contributed by atoms with E-state index in [0.717, 1.165) is 43.9 Å². The number of benzene rings is 1. The average Bonchev–Trinajstić information content (AvgIpc) is 2.56. The van der Waals surface area contributed by atoms with Gasteiger partial charge < -0.3 is 10.2 Å². The molecule has 1 amide bonds. The third-order valence-electron chi connectivity index (χ3n) is 4.15. The zero-order chi connectivity index (χ0) is 16.8. The topological polar surface area (TPSA) is 32.3 Å².